The van der Waals surface area contributed by atoms with Crippen LogP contribution in [0.15, 0.2) is 48.5 Å². The van der Waals surface area contributed by atoms with Crippen LogP contribution in [-0.2, 0) is 0 Å². The monoisotopic (exact) mass is 327 g/mol. The number of nitrogens with zero attached hydrogens (tertiary/aromatic N) is 2. The van der Waals surface area contributed by atoms with Crippen LogP contribution in [0.1, 0.15) is 27.5 Å². The number of amides is 1. The second-order valence-corrected chi connectivity index (χ2v) is 5.83. The Morgan fingerprint density at radius 1 is 1.17 bits per heavy atom. The maximum atomic E-state index is 12.4. The smallest absolute Gasteiger partial charge is 0.285 e. The first-order valence-electron chi connectivity index (χ1n) is 7.65. The van der Waals surface area contributed by atoms with E-state index in [0.717, 1.165) is 5.56 Å². The molecule has 2 aromatic rings. The van der Waals surface area contributed by atoms with Gasteiger partial charge in [0.1, 0.15) is 5.56 Å². The minimum absolute atomic E-state index is 0.0148. The molecule has 0 saturated heterocycles. The molecular formula is C18H21N3O3. The number of benzene rings is 2. The van der Waals surface area contributed by atoms with Gasteiger partial charge in [0, 0.05) is 12.1 Å². The highest BCUT2D eigenvalue weighted by Crippen LogP contribution is 2.23. The van der Waals surface area contributed by atoms with Gasteiger partial charge in [0.25, 0.3) is 11.6 Å². The van der Waals surface area contributed by atoms with Crippen LogP contribution in [0.5, 0.6) is 0 Å². The Kier molecular flexibility index (Phi) is 5.65. The van der Waals surface area contributed by atoms with Crippen molar-refractivity contribution in [1.29, 1.82) is 0 Å². The van der Waals surface area contributed by atoms with Crippen molar-refractivity contribution in [3.8, 4) is 0 Å². The number of nitrogens with one attached hydrogen (secondary N) is 1. The lowest BCUT2D eigenvalue weighted by molar-refractivity contribution is -0.385. The molecule has 0 bridgehead atoms. The van der Waals surface area contributed by atoms with Gasteiger partial charge in [0.05, 0.1) is 11.0 Å². The summed E-state index contributed by atoms with van der Waals surface area (Å²) in [6, 6.07) is 14.5. The number of para-hydroxylation sites is 1. The van der Waals surface area contributed by atoms with E-state index in [1.54, 1.807) is 19.1 Å². The van der Waals surface area contributed by atoms with Crippen molar-refractivity contribution in [2.24, 2.45) is 0 Å². The molecule has 0 heterocycles. The summed E-state index contributed by atoms with van der Waals surface area (Å²) < 4.78 is 0. The molecule has 2 rings (SSSR count). The molecule has 2 aromatic carbocycles. The highest BCUT2D eigenvalue weighted by molar-refractivity contribution is 5.98. The van der Waals surface area contributed by atoms with E-state index in [0.29, 0.717) is 12.1 Å². The van der Waals surface area contributed by atoms with Crippen molar-refractivity contribution >= 4 is 11.6 Å². The number of likely N-dealkylation sites (N-methyl/N-ethyl adjacent to an activating group) is 1. The Hall–Kier alpha value is -2.73. The molecule has 0 spiro atoms. The van der Waals surface area contributed by atoms with Crippen LogP contribution in [0.2, 0.25) is 0 Å². The van der Waals surface area contributed by atoms with Gasteiger partial charge in [0.2, 0.25) is 0 Å². The predicted molar refractivity (Wildman–Crippen MR) is 93.0 cm³/mol. The standard InChI is InChI=1S/C18H21N3O3/c1-13-8-7-11-15(17(13)21(23)24)18(22)19-12-16(20(2)3)14-9-5-4-6-10-14/h4-11,16H,12H2,1-3H3,(H,19,22)/t16-/m1/s1. The molecule has 126 valence electrons. The zero-order valence-corrected chi connectivity index (χ0v) is 14.0. The van der Waals surface area contributed by atoms with Crippen molar-refractivity contribution in [2.45, 2.75) is 13.0 Å². The van der Waals surface area contributed by atoms with E-state index in [9.17, 15) is 14.9 Å². The lowest BCUT2D eigenvalue weighted by atomic mass is 10.0. The number of carbonyl (C=O) groups is 1. The number of carbonyl (C=O) groups excluding carboxylic acids is 1. The zero-order chi connectivity index (χ0) is 17.7. The molecule has 0 aromatic heterocycles. The molecule has 6 nitrogen and oxygen atoms in total. The first kappa shape index (κ1) is 17.6. The third-order valence-corrected chi connectivity index (χ3v) is 3.93. The minimum Gasteiger partial charge on any atom is -0.350 e. The van der Waals surface area contributed by atoms with Gasteiger partial charge in [0.15, 0.2) is 0 Å². The van der Waals surface area contributed by atoms with Crippen molar-refractivity contribution in [1.82, 2.24) is 10.2 Å². The van der Waals surface area contributed by atoms with Crippen LogP contribution >= 0.6 is 0 Å². The minimum atomic E-state index is -0.509. The van der Waals surface area contributed by atoms with E-state index < -0.39 is 10.8 Å². The van der Waals surface area contributed by atoms with Gasteiger partial charge in [-0.1, -0.05) is 42.5 Å². The van der Waals surface area contributed by atoms with Gasteiger partial charge in [-0.25, -0.2) is 0 Å². The van der Waals surface area contributed by atoms with Crippen LogP contribution in [-0.4, -0.2) is 36.4 Å². The third-order valence-electron chi connectivity index (χ3n) is 3.93. The number of nitro groups is 1. The lowest BCUT2D eigenvalue weighted by Crippen LogP contribution is -2.34. The Morgan fingerprint density at radius 3 is 2.42 bits per heavy atom. The fourth-order valence-corrected chi connectivity index (χ4v) is 2.64. The number of rotatable bonds is 6. The van der Waals surface area contributed by atoms with Crippen LogP contribution in [0, 0.1) is 17.0 Å². The van der Waals surface area contributed by atoms with Gasteiger partial charge >= 0.3 is 0 Å². The largest absolute Gasteiger partial charge is 0.350 e. The maximum Gasteiger partial charge on any atom is 0.285 e. The van der Waals surface area contributed by atoms with E-state index in [1.807, 2.05) is 49.3 Å². The average molecular weight is 327 g/mol. The third kappa shape index (κ3) is 3.97. The number of hydrogen-bond acceptors (Lipinski definition) is 4. The average Bonchev–Trinajstić information content (AvgIpc) is 2.55. The second-order valence-electron chi connectivity index (χ2n) is 5.83. The summed E-state index contributed by atoms with van der Waals surface area (Å²) in [5, 5.41) is 14.0. The molecule has 0 aliphatic carbocycles. The van der Waals surface area contributed by atoms with Crippen molar-refractivity contribution in [3.05, 3.63) is 75.3 Å². The molecule has 0 unspecified atom stereocenters. The van der Waals surface area contributed by atoms with E-state index in [1.165, 1.54) is 6.07 Å². The molecule has 1 amide bonds. The summed E-state index contributed by atoms with van der Waals surface area (Å²) >= 11 is 0. The molecule has 0 fully saturated rings. The number of nitro benzene ring substituents is 1. The van der Waals surface area contributed by atoms with Crippen molar-refractivity contribution < 1.29 is 9.72 Å². The number of hydrogen-bond donors (Lipinski definition) is 1. The second kappa shape index (κ2) is 7.70. The van der Waals surface area contributed by atoms with Gasteiger partial charge in [-0.05, 0) is 32.6 Å². The summed E-state index contributed by atoms with van der Waals surface area (Å²) in [6.45, 7) is 1.99. The predicted octanol–water partition coefficient (Wildman–Crippen LogP) is 2.94. The van der Waals surface area contributed by atoms with E-state index in [2.05, 4.69) is 5.32 Å². The summed E-state index contributed by atoms with van der Waals surface area (Å²) in [4.78, 5) is 25.2. The first-order chi connectivity index (χ1) is 11.4. The molecule has 24 heavy (non-hydrogen) atoms. The topological polar surface area (TPSA) is 75.5 Å². The molecule has 1 N–H and O–H groups in total. The summed E-state index contributed by atoms with van der Waals surface area (Å²) in [6.07, 6.45) is 0. The molecule has 1 atom stereocenters. The Labute approximate surface area is 141 Å². The molecule has 0 aliphatic rings. The molecule has 6 heteroatoms. The van der Waals surface area contributed by atoms with Crippen LogP contribution in [0.3, 0.4) is 0 Å². The van der Waals surface area contributed by atoms with Crippen molar-refractivity contribution in [3.63, 3.8) is 0 Å². The Morgan fingerprint density at radius 2 is 1.83 bits per heavy atom. The normalized spacial score (nSPS) is 12.0. The fourth-order valence-electron chi connectivity index (χ4n) is 2.64. The lowest BCUT2D eigenvalue weighted by Gasteiger charge is -2.25. The van der Waals surface area contributed by atoms with E-state index >= 15 is 0 Å². The first-order valence-corrected chi connectivity index (χ1v) is 7.65. The summed E-state index contributed by atoms with van der Waals surface area (Å²) in [5.74, 6) is -0.437. The molecule has 0 aliphatic heterocycles. The van der Waals surface area contributed by atoms with Crippen LogP contribution < -0.4 is 5.32 Å². The maximum absolute atomic E-state index is 12.4. The number of aryl methyl sites for hydroxylation is 1. The quantitative estimate of drug-likeness (QED) is 0.654. The van der Waals surface area contributed by atoms with E-state index in [4.69, 9.17) is 0 Å². The SMILES string of the molecule is Cc1cccc(C(=O)NC[C@H](c2ccccc2)N(C)C)c1[N+](=O)[O-]. The molecule has 0 radical (unpaired) electrons. The Balaban J connectivity index is 2.18. The van der Waals surface area contributed by atoms with Crippen LogP contribution in [0.4, 0.5) is 5.69 Å². The highest BCUT2D eigenvalue weighted by atomic mass is 16.6. The summed E-state index contributed by atoms with van der Waals surface area (Å²) in [5.41, 5.74) is 1.49. The zero-order valence-electron chi connectivity index (χ0n) is 14.0. The van der Waals surface area contributed by atoms with E-state index in [-0.39, 0.29) is 17.3 Å². The van der Waals surface area contributed by atoms with Crippen LogP contribution in [0.25, 0.3) is 0 Å². The molecular weight excluding hydrogens is 306 g/mol. The van der Waals surface area contributed by atoms with Gasteiger partial charge in [-0.3, -0.25) is 14.9 Å². The Bertz CT molecular complexity index is 730. The van der Waals surface area contributed by atoms with Gasteiger partial charge in [-0.15, -0.1) is 0 Å². The summed E-state index contributed by atoms with van der Waals surface area (Å²) in [7, 11) is 3.86. The van der Waals surface area contributed by atoms with Crippen molar-refractivity contribution in [2.75, 3.05) is 20.6 Å². The molecule has 0 saturated carbocycles. The van der Waals surface area contributed by atoms with Gasteiger partial charge < -0.3 is 10.2 Å². The highest BCUT2D eigenvalue weighted by Gasteiger charge is 2.23. The fraction of sp³-hybridized carbons (Fsp3) is 0.278. The van der Waals surface area contributed by atoms with Gasteiger partial charge in [-0.2, -0.15) is 0 Å².